The first-order valence-corrected chi connectivity index (χ1v) is 10.7. The maximum Gasteiger partial charge on any atom is 0.193 e. The Balaban J connectivity index is 1.78. The van der Waals surface area contributed by atoms with Crippen LogP contribution in [-0.4, -0.2) is 75.4 Å². The van der Waals surface area contributed by atoms with Crippen LogP contribution in [0.4, 0.5) is 0 Å². The molecule has 1 N–H and O–H groups in total. The lowest BCUT2D eigenvalue weighted by Gasteiger charge is -2.36. The van der Waals surface area contributed by atoms with Crippen LogP contribution >= 0.6 is 0 Å². The van der Waals surface area contributed by atoms with Crippen molar-refractivity contribution in [2.75, 3.05) is 59.6 Å². The number of piperidine rings is 1. The molecule has 3 rings (SSSR count). The lowest BCUT2D eigenvalue weighted by atomic mass is 10.0. The van der Waals surface area contributed by atoms with E-state index in [4.69, 9.17) is 14.5 Å². The predicted molar refractivity (Wildman–Crippen MR) is 114 cm³/mol. The molecule has 2 aliphatic rings. The number of benzene rings is 1. The smallest absolute Gasteiger partial charge is 0.193 e. The van der Waals surface area contributed by atoms with Crippen LogP contribution in [0.2, 0.25) is 0 Å². The zero-order valence-electron chi connectivity index (χ0n) is 17.7. The first-order chi connectivity index (χ1) is 13.7. The normalized spacial score (nSPS) is 22.8. The number of aliphatic imine (C=N–C) groups is 1. The highest BCUT2D eigenvalue weighted by atomic mass is 16.5. The molecular formula is C22H36N4O2. The second-order valence-electron chi connectivity index (χ2n) is 7.83. The molecule has 0 saturated carbocycles. The molecule has 156 valence electrons. The highest BCUT2D eigenvalue weighted by Crippen LogP contribution is 2.25. The fraction of sp³-hybridized carbons (Fsp3) is 0.682. The van der Waals surface area contributed by atoms with Crippen molar-refractivity contribution in [2.24, 2.45) is 10.9 Å². The fourth-order valence-electron chi connectivity index (χ4n) is 4.13. The zero-order valence-corrected chi connectivity index (χ0v) is 17.7. The van der Waals surface area contributed by atoms with Gasteiger partial charge in [0.05, 0.1) is 32.9 Å². The van der Waals surface area contributed by atoms with E-state index in [-0.39, 0.29) is 6.04 Å². The maximum absolute atomic E-state index is 5.58. The van der Waals surface area contributed by atoms with Gasteiger partial charge < -0.3 is 19.7 Å². The average Bonchev–Trinajstić information content (AvgIpc) is 2.74. The third-order valence-corrected chi connectivity index (χ3v) is 5.69. The van der Waals surface area contributed by atoms with Crippen molar-refractivity contribution in [1.82, 2.24) is 15.1 Å². The standard InChI is InChI=1S/C22H36N4O2/c1-4-23-22(26-11-5-6-18(2)17-26)24-16-21(25-12-14-28-15-13-25)19-7-9-20(27-3)10-8-19/h7-10,18,21H,4-6,11-17H2,1-3H3,(H,23,24). The summed E-state index contributed by atoms with van der Waals surface area (Å²) in [5, 5.41) is 3.51. The fourth-order valence-corrected chi connectivity index (χ4v) is 4.13. The number of nitrogens with zero attached hydrogens (tertiary/aromatic N) is 3. The van der Waals surface area contributed by atoms with E-state index >= 15 is 0 Å². The molecule has 2 atom stereocenters. The average molecular weight is 389 g/mol. The summed E-state index contributed by atoms with van der Waals surface area (Å²) in [4.78, 5) is 10.0. The van der Waals surface area contributed by atoms with E-state index < -0.39 is 0 Å². The van der Waals surface area contributed by atoms with Crippen molar-refractivity contribution in [3.8, 4) is 5.75 Å². The van der Waals surface area contributed by atoms with E-state index in [0.717, 1.165) is 70.1 Å². The minimum absolute atomic E-state index is 0.255. The van der Waals surface area contributed by atoms with Crippen LogP contribution in [-0.2, 0) is 4.74 Å². The SMILES string of the molecule is CCNC(=NCC(c1ccc(OC)cc1)N1CCOCC1)N1CCCC(C)C1. The Morgan fingerprint density at radius 3 is 2.64 bits per heavy atom. The van der Waals surface area contributed by atoms with Gasteiger partial charge in [-0.25, -0.2) is 0 Å². The van der Waals surface area contributed by atoms with Crippen molar-refractivity contribution >= 4 is 5.96 Å². The topological polar surface area (TPSA) is 49.3 Å². The zero-order chi connectivity index (χ0) is 19.8. The van der Waals surface area contributed by atoms with E-state index in [1.54, 1.807) is 7.11 Å². The first kappa shape index (κ1) is 20.9. The molecule has 0 aromatic heterocycles. The van der Waals surface area contributed by atoms with Crippen molar-refractivity contribution in [2.45, 2.75) is 32.7 Å². The predicted octanol–water partition coefficient (Wildman–Crippen LogP) is 2.77. The molecule has 6 heteroatoms. The molecule has 28 heavy (non-hydrogen) atoms. The summed E-state index contributed by atoms with van der Waals surface area (Å²) in [7, 11) is 1.71. The summed E-state index contributed by atoms with van der Waals surface area (Å²) >= 11 is 0. The molecule has 1 aromatic carbocycles. The number of nitrogens with one attached hydrogen (secondary N) is 1. The van der Waals surface area contributed by atoms with Gasteiger partial charge in [0.25, 0.3) is 0 Å². The Morgan fingerprint density at radius 1 is 1.25 bits per heavy atom. The summed E-state index contributed by atoms with van der Waals surface area (Å²) in [5.41, 5.74) is 1.29. The van der Waals surface area contributed by atoms with Crippen molar-refractivity contribution < 1.29 is 9.47 Å². The quantitative estimate of drug-likeness (QED) is 0.600. The Bertz CT molecular complexity index is 613. The second kappa shape index (κ2) is 10.7. The van der Waals surface area contributed by atoms with Crippen molar-refractivity contribution in [1.29, 1.82) is 0 Å². The lowest BCUT2D eigenvalue weighted by molar-refractivity contribution is 0.0179. The Morgan fingerprint density at radius 2 is 2.00 bits per heavy atom. The monoisotopic (exact) mass is 388 g/mol. The minimum atomic E-state index is 0.255. The largest absolute Gasteiger partial charge is 0.497 e. The summed E-state index contributed by atoms with van der Waals surface area (Å²) in [6.45, 7) is 11.8. The number of guanidine groups is 1. The third kappa shape index (κ3) is 5.61. The number of likely N-dealkylation sites (tertiary alicyclic amines) is 1. The number of morpholine rings is 1. The number of ether oxygens (including phenoxy) is 2. The van der Waals surface area contributed by atoms with Crippen LogP contribution in [0.1, 0.15) is 38.3 Å². The summed E-state index contributed by atoms with van der Waals surface area (Å²) in [6, 6.07) is 8.69. The number of hydrogen-bond donors (Lipinski definition) is 1. The van der Waals surface area contributed by atoms with Crippen LogP contribution in [0.3, 0.4) is 0 Å². The molecule has 0 aliphatic carbocycles. The van der Waals surface area contributed by atoms with Crippen LogP contribution in [0.5, 0.6) is 5.75 Å². The molecule has 0 radical (unpaired) electrons. The molecule has 1 aromatic rings. The molecule has 2 saturated heterocycles. The van der Waals surface area contributed by atoms with Gasteiger partial charge >= 0.3 is 0 Å². The summed E-state index contributed by atoms with van der Waals surface area (Å²) < 4.78 is 10.9. The van der Waals surface area contributed by atoms with Gasteiger partial charge in [0.1, 0.15) is 5.75 Å². The Kier molecular flexibility index (Phi) is 7.98. The first-order valence-electron chi connectivity index (χ1n) is 10.7. The minimum Gasteiger partial charge on any atom is -0.497 e. The van der Waals surface area contributed by atoms with Crippen LogP contribution in [0.25, 0.3) is 0 Å². The van der Waals surface area contributed by atoms with Gasteiger partial charge in [0, 0.05) is 32.7 Å². The number of hydrogen-bond acceptors (Lipinski definition) is 4. The highest BCUT2D eigenvalue weighted by Gasteiger charge is 2.24. The number of methoxy groups -OCH3 is 1. The van der Waals surface area contributed by atoms with E-state index in [2.05, 4.69) is 41.1 Å². The molecule has 2 fully saturated rings. The Hall–Kier alpha value is -1.79. The van der Waals surface area contributed by atoms with Gasteiger partial charge in [-0.2, -0.15) is 0 Å². The Labute approximate surface area is 169 Å². The summed E-state index contributed by atoms with van der Waals surface area (Å²) in [6.07, 6.45) is 2.56. The van der Waals surface area contributed by atoms with Gasteiger partial charge in [-0.05, 0) is 43.4 Å². The van der Waals surface area contributed by atoms with Gasteiger partial charge in [0.15, 0.2) is 5.96 Å². The molecule has 0 bridgehead atoms. The lowest BCUT2D eigenvalue weighted by Crippen LogP contribution is -2.47. The third-order valence-electron chi connectivity index (χ3n) is 5.69. The second-order valence-corrected chi connectivity index (χ2v) is 7.83. The number of rotatable bonds is 6. The van der Waals surface area contributed by atoms with E-state index in [9.17, 15) is 0 Å². The van der Waals surface area contributed by atoms with E-state index in [1.165, 1.54) is 18.4 Å². The van der Waals surface area contributed by atoms with Crippen LogP contribution in [0, 0.1) is 5.92 Å². The van der Waals surface area contributed by atoms with Gasteiger partial charge in [-0.1, -0.05) is 19.1 Å². The van der Waals surface area contributed by atoms with Crippen LogP contribution in [0.15, 0.2) is 29.3 Å². The molecule has 2 heterocycles. The molecule has 0 amide bonds. The van der Waals surface area contributed by atoms with E-state index in [0.29, 0.717) is 0 Å². The highest BCUT2D eigenvalue weighted by molar-refractivity contribution is 5.80. The van der Waals surface area contributed by atoms with Gasteiger partial charge in [0.2, 0.25) is 0 Å². The van der Waals surface area contributed by atoms with E-state index in [1.807, 2.05) is 12.1 Å². The summed E-state index contributed by atoms with van der Waals surface area (Å²) in [5.74, 6) is 2.68. The molecule has 0 spiro atoms. The van der Waals surface area contributed by atoms with Crippen molar-refractivity contribution in [3.05, 3.63) is 29.8 Å². The molecule has 2 aliphatic heterocycles. The van der Waals surface area contributed by atoms with Crippen LogP contribution < -0.4 is 10.1 Å². The molecule has 2 unspecified atom stereocenters. The van der Waals surface area contributed by atoms with Gasteiger partial charge in [-0.15, -0.1) is 0 Å². The van der Waals surface area contributed by atoms with Crippen molar-refractivity contribution in [3.63, 3.8) is 0 Å². The van der Waals surface area contributed by atoms with Gasteiger partial charge in [-0.3, -0.25) is 9.89 Å². The molecular weight excluding hydrogens is 352 g/mol. The maximum atomic E-state index is 5.58. The molecule has 6 nitrogen and oxygen atoms in total.